The molecule has 5 heteroatoms. The van der Waals surface area contributed by atoms with Gasteiger partial charge in [0.05, 0.1) is 11.9 Å². The van der Waals surface area contributed by atoms with Gasteiger partial charge in [-0.1, -0.05) is 26.0 Å². The van der Waals surface area contributed by atoms with Crippen molar-refractivity contribution in [3.05, 3.63) is 24.3 Å². The second-order valence-electron chi connectivity index (χ2n) is 4.62. The quantitative estimate of drug-likeness (QED) is 0.870. The lowest BCUT2D eigenvalue weighted by atomic mass is 10.0. The van der Waals surface area contributed by atoms with Crippen molar-refractivity contribution in [2.75, 3.05) is 5.32 Å². The predicted octanol–water partition coefficient (Wildman–Crippen LogP) is 3.21. The highest BCUT2D eigenvalue weighted by molar-refractivity contribution is 7.11. The smallest absolute Gasteiger partial charge is 0.305 e. The number of fused-ring (bicyclic) bond motifs is 1. The Morgan fingerprint density at radius 2 is 2.17 bits per heavy atom. The first-order valence-corrected chi connectivity index (χ1v) is 6.68. The van der Waals surface area contributed by atoms with E-state index in [1.54, 1.807) is 0 Å². The summed E-state index contributed by atoms with van der Waals surface area (Å²) in [7, 11) is 0. The normalized spacial score (nSPS) is 12.8. The van der Waals surface area contributed by atoms with Crippen molar-refractivity contribution in [1.82, 2.24) is 4.37 Å². The summed E-state index contributed by atoms with van der Waals surface area (Å²) in [6, 6.07) is 7.79. The van der Waals surface area contributed by atoms with E-state index in [0.29, 0.717) is 0 Å². The third-order valence-corrected chi connectivity index (χ3v) is 3.71. The molecule has 1 unspecified atom stereocenters. The van der Waals surface area contributed by atoms with Gasteiger partial charge in [0.25, 0.3) is 0 Å². The van der Waals surface area contributed by atoms with Crippen LogP contribution in [0.15, 0.2) is 24.3 Å². The maximum Gasteiger partial charge on any atom is 0.305 e. The molecule has 2 aromatic rings. The molecule has 2 N–H and O–H groups in total. The van der Waals surface area contributed by atoms with Crippen molar-refractivity contribution in [2.45, 2.75) is 26.3 Å². The molecule has 1 aromatic heterocycles. The molecule has 0 saturated heterocycles. The van der Waals surface area contributed by atoms with Crippen LogP contribution in [0, 0.1) is 5.92 Å². The van der Waals surface area contributed by atoms with Gasteiger partial charge in [-0.2, -0.15) is 4.37 Å². The van der Waals surface area contributed by atoms with Crippen molar-refractivity contribution in [2.24, 2.45) is 5.92 Å². The van der Waals surface area contributed by atoms with Gasteiger partial charge in [-0.25, -0.2) is 0 Å². The monoisotopic (exact) mass is 264 g/mol. The van der Waals surface area contributed by atoms with Crippen LogP contribution in [0.5, 0.6) is 0 Å². The summed E-state index contributed by atoms with van der Waals surface area (Å²) in [4.78, 5) is 10.9. The van der Waals surface area contributed by atoms with Crippen LogP contribution in [0.2, 0.25) is 0 Å². The van der Waals surface area contributed by atoms with E-state index in [0.717, 1.165) is 15.9 Å². The Morgan fingerprint density at radius 1 is 1.44 bits per heavy atom. The third kappa shape index (κ3) is 2.79. The number of carboxylic acids is 1. The average molecular weight is 264 g/mol. The Kier molecular flexibility index (Phi) is 3.81. The highest BCUT2D eigenvalue weighted by Gasteiger charge is 2.18. The zero-order valence-electron chi connectivity index (χ0n) is 10.4. The fourth-order valence-corrected chi connectivity index (χ4v) is 2.63. The van der Waals surface area contributed by atoms with Crippen molar-refractivity contribution < 1.29 is 9.90 Å². The molecule has 1 aromatic carbocycles. The van der Waals surface area contributed by atoms with E-state index >= 15 is 0 Å². The SMILES string of the molecule is CC(C)C(CC(=O)O)Nc1snc2ccccc12. The van der Waals surface area contributed by atoms with Crippen molar-refractivity contribution >= 4 is 33.4 Å². The first kappa shape index (κ1) is 12.8. The van der Waals surface area contributed by atoms with Gasteiger partial charge in [0.1, 0.15) is 5.00 Å². The maximum atomic E-state index is 10.9. The first-order valence-electron chi connectivity index (χ1n) is 5.90. The van der Waals surface area contributed by atoms with Crippen LogP contribution < -0.4 is 5.32 Å². The largest absolute Gasteiger partial charge is 0.481 e. The van der Waals surface area contributed by atoms with Gasteiger partial charge in [0.15, 0.2) is 0 Å². The van der Waals surface area contributed by atoms with Crippen LogP contribution in [-0.2, 0) is 4.79 Å². The Balaban J connectivity index is 2.23. The van der Waals surface area contributed by atoms with Gasteiger partial charge in [-0.15, -0.1) is 0 Å². The van der Waals surface area contributed by atoms with Gasteiger partial charge in [0.2, 0.25) is 0 Å². The number of aliphatic carboxylic acids is 1. The number of anilines is 1. The number of benzene rings is 1. The van der Waals surface area contributed by atoms with Crippen LogP contribution >= 0.6 is 11.5 Å². The molecular formula is C13H16N2O2S. The van der Waals surface area contributed by atoms with E-state index in [1.807, 2.05) is 38.1 Å². The van der Waals surface area contributed by atoms with E-state index in [9.17, 15) is 4.79 Å². The van der Waals surface area contributed by atoms with Crippen LogP contribution in [0.3, 0.4) is 0 Å². The minimum atomic E-state index is -0.782. The summed E-state index contributed by atoms with van der Waals surface area (Å²) in [6.07, 6.45) is 0.115. The van der Waals surface area contributed by atoms with Gasteiger partial charge in [0, 0.05) is 11.4 Å². The molecule has 2 rings (SSSR count). The van der Waals surface area contributed by atoms with E-state index in [-0.39, 0.29) is 18.4 Å². The van der Waals surface area contributed by atoms with Crippen LogP contribution in [-0.4, -0.2) is 21.5 Å². The third-order valence-electron chi connectivity index (χ3n) is 2.90. The highest BCUT2D eigenvalue weighted by Crippen LogP contribution is 2.29. The van der Waals surface area contributed by atoms with Crippen molar-refractivity contribution in [1.29, 1.82) is 0 Å². The zero-order chi connectivity index (χ0) is 13.1. The molecule has 1 heterocycles. The first-order chi connectivity index (χ1) is 8.58. The lowest BCUT2D eigenvalue weighted by Crippen LogP contribution is -2.28. The average Bonchev–Trinajstić information content (AvgIpc) is 2.71. The van der Waals surface area contributed by atoms with Crippen LogP contribution in [0.1, 0.15) is 20.3 Å². The minimum absolute atomic E-state index is 0.0774. The molecule has 18 heavy (non-hydrogen) atoms. The molecular weight excluding hydrogens is 248 g/mol. The topological polar surface area (TPSA) is 62.2 Å². The number of nitrogens with zero attached hydrogens (tertiary/aromatic N) is 1. The Bertz CT molecular complexity index is 551. The highest BCUT2D eigenvalue weighted by atomic mass is 32.1. The number of aromatic nitrogens is 1. The fourth-order valence-electron chi connectivity index (χ4n) is 1.80. The number of rotatable bonds is 5. The standard InChI is InChI=1S/C13H16N2O2S/c1-8(2)11(7-12(16)17)14-13-9-5-3-4-6-10(9)15-18-13/h3-6,8,11,14H,7H2,1-2H3,(H,16,17). The Labute approximate surface area is 110 Å². The maximum absolute atomic E-state index is 10.9. The number of carboxylic acid groups (broad SMARTS) is 1. The lowest BCUT2D eigenvalue weighted by molar-refractivity contribution is -0.137. The number of hydrogen-bond acceptors (Lipinski definition) is 4. The van der Waals surface area contributed by atoms with Gasteiger partial charge >= 0.3 is 5.97 Å². The Hall–Kier alpha value is -1.62. The molecule has 0 aliphatic carbocycles. The summed E-state index contributed by atoms with van der Waals surface area (Å²) >= 11 is 1.38. The Morgan fingerprint density at radius 3 is 2.83 bits per heavy atom. The molecule has 0 saturated carbocycles. The molecule has 0 fully saturated rings. The summed E-state index contributed by atoms with van der Waals surface area (Å²) in [5.41, 5.74) is 0.947. The van der Waals surface area contributed by atoms with Crippen LogP contribution in [0.25, 0.3) is 10.9 Å². The predicted molar refractivity (Wildman–Crippen MR) is 74.1 cm³/mol. The molecule has 0 radical (unpaired) electrons. The molecule has 0 aliphatic rings. The second-order valence-corrected chi connectivity index (χ2v) is 5.39. The molecule has 4 nitrogen and oxygen atoms in total. The lowest BCUT2D eigenvalue weighted by Gasteiger charge is -2.20. The van der Waals surface area contributed by atoms with E-state index < -0.39 is 5.97 Å². The molecule has 96 valence electrons. The second kappa shape index (κ2) is 5.35. The van der Waals surface area contributed by atoms with Gasteiger partial charge in [-0.3, -0.25) is 4.79 Å². The fraction of sp³-hybridized carbons (Fsp3) is 0.385. The number of hydrogen-bond donors (Lipinski definition) is 2. The van der Waals surface area contributed by atoms with E-state index in [2.05, 4.69) is 9.69 Å². The molecule has 0 amide bonds. The van der Waals surface area contributed by atoms with Crippen molar-refractivity contribution in [3.8, 4) is 0 Å². The van der Waals surface area contributed by atoms with Crippen molar-refractivity contribution in [3.63, 3.8) is 0 Å². The number of carbonyl (C=O) groups is 1. The summed E-state index contributed by atoms with van der Waals surface area (Å²) in [5.74, 6) is -0.531. The van der Waals surface area contributed by atoms with Gasteiger partial charge in [-0.05, 0) is 29.6 Å². The molecule has 0 spiro atoms. The van der Waals surface area contributed by atoms with Crippen LogP contribution in [0.4, 0.5) is 5.00 Å². The summed E-state index contributed by atoms with van der Waals surface area (Å²) in [5, 5.41) is 14.2. The van der Waals surface area contributed by atoms with Gasteiger partial charge < -0.3 is 10.4 Å². The zero-order valence-corrected chi connectivity index (χ0v) is 11.2. The van der Waals surface area contributed by atoms with E-state index in [4.69, 9.17) is 5.11 Å². The molecule has 1 atom stereocenters. The molecule has 0 aliphatic heterocycles. The summed E-state index contributed by atoms with van der Waals surface area (Å²) < 4.78 is 4.34. The summed E-state index contributed by atoms with van der Waals surface area (Å²) in [6.45, 7) is 4.04. The molecule has 0 bridgehead atoms. The minimum Gasteiger partial charge on any atom is -0.481 e. The number of nitrogens with one attached hydrogen (secondary N) is 1. The van der Waals surface area contributed by atoms with E-state index in [1.165, 1.54) is 11.5 Å².